The maximum atomic E-state index is 12.6. The zero-order chi connectivity index (χ0) is 9.97. The highest BCUT2D eigenvalue weighted by Gasteiger charge is 2.17. The lowest BCUT2D eigenvalue weighted by atomic mass is 10.1. The Morgan fingerprint density at radius 1 is 1.36 bits per heavy atom. The average Bonchev–Trinajstić information content (AvgIpc) is 2.21. The Morgan fingerprint density at radius 2 is 2.07 bits per heavy atom. The number of aromatic nitrogens is 1. The molecule has 0 radical (unpaired) electrons. The number of piperidine rings is 1. The molecule has 2 heterocycles. The summed E-state index contributed by atoms with van der Waals surface area (Å²) < 4.78 is 12.6. The second-order valence-corrected chi connectivity index (χ2v) is 4.79. The highest BCUT2D eigenvalue weighted by Crippen LogP contribution is 2.21. The van der Waals surface area contributed by atoms with Gasteiger partial charge in [0.25, 0.3) is 0 Å². The van der Waals surface area contributed by atoms with Gasteiger partial charge in [-0.05, 0) is 25.0 Å². The highest BCUT2D eigenvalue weighted by molar-refractivity contribution is 9.09. The molecule has 0 atom stereocenters. The van der Waals surface area contributed by atoms with Crippen LogP contribution in [-0.4, -0.2) is 22.9 Å². The molecule has 76 valence electrons. The molecule has 2 rings (SSSR count). The quantitative estimate of drug-likeness (QED) is 0.720. The van der Waals surface area contributed by atoms with Gasteiger partial charge in [-0.15, -0.1) is 0 Å². The van der Waals surface area contributed by atoms with Crippen LogP contribution in [0.4, 0.5) is 10.2 Å². The van der Waals surface area contributed by atoms with Crippen LogP contribution in [0.15, 0.2) is 18.3 Å². The first-order valence-electron chi connectivity index (χ1n) is 4.76. The second-order valence-electron chi connectivity index (χ2n) is 3.50. The summed E-state index contributed by atoms with van der Waals surface area (Å²) in [6, 6.07) is 3.20. The highest BCUT2D eigenvalue weighted by atomic mass is 79.9. The molecule has 2 nitrogen and oxygen atoms in total. The third kappa shape index (κ3) is 2.23. The molecule has 0 aliphatic carbocycles. The smallest absolute Gasteiger partial charge is 0.141 e. The molecule has 14 heavy (non-hydrogen) atoms. The lowest BCUT2D eigenvalue weighted by Crippen LogP contribution is -2.34. The number of pyridine rings is 1. The van der Waals surface area contributed by atoms with Crippen molar-refractivity contribution in [2.24, 2.45) is 0 Å². The molecule has 0 spiro atoms. The van der Waals surface area contributed by atoms with E-state index in [2.05, 4.69) is 25.8 Å². The van der Waals surface area contributed by atoms with Gasteiger partial charge in [-0.25, -0.2) is 9.37 Å². The van der Waals surface area contributed by atoms with Crippen LogP contribution in [0.2, 0.25) is 0 Å². The van der Waals surface area contributed by atoms with Gasteiger partial charge >= 0.3 is 0 Å². The molecule has 1 aliphatic rings. The molecule has 0 amide bonds. The van der Waals surface area contributed by atoms with E-state index >= 15 is 0 Å². The van der Waals surface area contributed by atoms with E-state index in [1.165, 1.54) is 12.3 Å². The molecule has 1 aromatic heterocycles. The van der Waals surface area contributed by atoms with Crippen molar-refractivity contribution in [1.29, 1.82) is 0 Å². The Bertz CT molecular complexity index is 293. The van der Waals surface area contributed by atoms with Crippen LogP contribution >= 0.6 is 15.9 Å². The molecule has 0 saturated carbocycles. The number of anilines is 1. The summed E-state index contributed by atoms with van der Waals surface area (Å²) in [5.74, 6) is 0.606. The van der Waals surface area contributed by atoms with Gasteiger partial charge < -0.3 is 4.90 Å². The molecule has 0 bridgehead atoms. The second kappa shape index (κ2) is 4.26. The number of alkyl halides is 1. The summed E-state index contributed by atoms with van der Waals surface area (Å²) in [5, 5.41) is 0. The molecule has 0 N–H and O–H groups in total. The van der Waals surface area contributed by atoms with Crippen molar-refractivity contribution >= 4 is 21.7 Å². The number of nitrogens with zero attached hydrogens (tertiary/aromatic N) is 2. The first-order chi connectivity index (χ1) is 6.75. The maximum absolute atomic E-state index is 12.6. The molecule has 1 aliphatic heterocycles. The fourth-order valence-corrected chi connectivity index (χ4v) is 2.04. The van der Waals surface area contributed by atoms with E-state index in [1.54, 1.807) is 6.07 Å². The van der Waals surface area contributed by atoms with Gasteiger partial charge in [-0.1, -0.05) is 15.9 Å². The summed E-state index contributed by atoms with van der Waals surface area (Å²) in [6.45, 7) is 1.99. The normalized spacial score (nSPS) is 18.6. The van der Waals surface area contributed by atoms with E-state index < -0.39 is 0 Å². The summed E-state index contributed by atoms with van der Waals surface area (Å²) in [7, 11) is 0. The van der Waals surface area contributed by atoms with Crippen LogP contribution in [0, 0.1) is 5.82 Å². The van der Waals surface area contributed by atoms with Gasteiger partial charge in [-0.3, -0.25) is 0 Å². The van der Waals surface area contributed by atoms with Crippen LogP contribution in [0.25, 0.3) is 0 Å². The Balaban J connectivity index is 2.05. The molecule has 0 unspecified atom stereocenters. The predicted molar refractivity (Wildman–Crippen MR) is 58.4 cm³/mol. The molecule has 0 aromatic carbocycles. The Morgan fingerprint density at radius 3 is 2.64 bits per heavy atom. The number of hydrogen-bond donors (Lipinski definition) is 0. The standard InChI is InChI=1S/C10H12BrFN2/c11-8-3-5-14(6-4-8)10-2-1-9(12)7-13-10/h1-2,7-8H,3-6H2. The molecular formula is C10H12BrFN2. The summed E-state index contributed by atoms with van der Waals surface area (Å²) >= 11 is 3.59. The zero-order valence-corrected chi connectivity index (χ0v) is 9.37. The third-order valence-corrected chi connectivity index (χ3v) is 3.38. The predicted octanol–water partition coefficient (Wildman–Crippen LogP) is 2.58. The third-order valence-electron chi connectivity index (χ3n) is 2.46. The fourth-order valence-electron chi connectivity index (χ4n) is 1.63. The van der Waals surface area contributed by atoms with Crippen molar-refractivity contribution in [3.8, 4) is 0 Å². The molecule has 1 aromatic rings. The van der Waals surface area contributed by atoms with Crippen molar-refractivity contribution in [3.63, 3.8) is 0 Å². The topological polar surface area (TPSA) is 16.1 Å². The van der Waals surface area contributed by atoms with Gasteiger partial charge in [-0.2, -0.15) is 0 Å². The van der Waals surface area contributed by atoms with Gasteiger partial charge in [0.15, 0.2) is 0 Å². The minimum absolute atomic E-state index is 0.274. The SMILES string of the molecule is Fc1ccc(N2CCC(Br)CC2)nc1. The van der Waals surface area contributed by atoms with Crippen molar-refractivity contribution in [3.05, 3.63) is 24.1 Å². The molecular weight excluding hydrogens is 247 g/mol. The summed E-state index contributed by atoms with van der Waals surface area (Å²) in [6.07, 6.45) is 3.52. The van der Waals surface area contributed by atoms with E-state index in [0.29, 0.717) is 4.83 Å². The first kappa shape index (κ1) is 9.90. The van der Waals surface area contributed by atoms with Gasteiger partial charge in [0, 0.05) is 17.9 Å². The van der Waals surface area contributed by atoms with Crippen molar-refractivity contribution in [1.82, 2.24) is 4.98 Å². The summed E-state index contributed by atoms with van der Waals surface area (Å²) in [4.78, 5) is 6.88. The van der Waals surface area contributed by atoms with E-state index in [4.69, 9.17) is 0 Å². The lowest BCUT2D eigenvalue weighted by Gasteiger charge is -2.30. The maximum Gasteiger partial charge on any atom is 0.141 e. The van der Waals surface area contributed by atoms with Crippen LogP contribution in [0.3, 0.4) is 0 Å². The monoisotopic (exact) mass is 258 g/mol. The Labute approximate surface area is 91.3 Å². The molecule has 4 heteroatoms. The van der Waals surface area contributed by atoms with E-state index in [1.807, 2.05) is 0 Å². The van der Waals surface area contributed by atoms with Crippen LogP contribution in [-0.2, 0) is 0 Å². The van der Waals surface area contributed by atoms with Gasteiger partial charge in [0.2, 0.25) is 0 Å². The summed E-state index contributed by atoms with van der Waals surface area (Å²) in [5.41, 5.74) is 0. The average molecular weight is 259 g/mol. The first-order valence-corrected chi connectivity index (χ1v) is 5.68. The minimum Gasteiger partial charge on any atom is -0.357 e. The number of hydrogen-bond acceptors (Lipinski definition) is 2. The van der Waals surface area contributed by atoms with Crippen molar-refractivity contribution in [2.75, 3.05) is 18.0 Å². The lowest BCUT2D eigenvalue weighted by molar-refractivity contribution is 0.587. The largest absolute Gasteiger partial charge is 0.357 e. The minimum atomic E-state index is -0.274. The van der Waals surface area contributed by atoms with Crippen molar-refractivity contribution < 1.29 is 4.39 Å². The van der Waals surface area contributed by atoms with Gasteiger partial charge in [0.05, 0.1) is 6.20 Å². The van der Waals surface area contributed by atoms with E-state index in [-0.39, 0.29) is 5.82 Å². The molecule has 1 saturated heterocycles. The van der Waals surface area contributed by atoms with Gasteiger partial charge in [0.1, 0.15) is 11.6 Å². The Hall–Kier alpha value is -0.640. The fraction of sp³-hybridized carbons (Fsp3) is 0.500. The van der Waals surface area contributed by atoms with E-state index in [0.717, 1.165) is 31.7 Å². The van der Waals surface area contributed by atoms with Crippen LogP contribution in [0.1, 0.15) is 12.8 Å². The number of rotatable bonds is 1. The number of halogens is 2. The van der Waals surface area contributed by atoms with Crippen LogP contribution < -0.4 is 4.90 Å². The Kier molecular flexibility index (Phi) is 3.01. The van der Waals surface area contributed by atoms with E-state index in [9.17, 15) is 4.39 Å². The van der Waals surface area contributed by atoms with Crippen LogP contribution in [0.5, 0.6) is 0 Å². The molecule has 1 fully saturated rings. The van der Waals surface area contributed by atoms with Crippen molar-refractivity contribution in [2.45, 2.75) is 17.7 Å². The zero-order valence-electron chi connectivity index (χ0n) is 7.79.